The maximum absolute atomic E-state index is 11.0. The van der Waals surface area contributed by atoms with Crippen molar-refractivity contribution in [3.8, 4) is 0 Å². The van der Waals surface area contributed by atoms with E-state index in [1.807, 2.05) is 6.92 Å². The molecule has 1 fully saturated rings. The van der Waals surface area contributed by atoms with E-state index in [1.165, 1.54) is 22.3 Å². The van der Waals surface area contributed by atoms with Gasteiger partial charge in [-0.1, -0.05) is 19.1 Å². The highest BCUT2D eigenvalue weighted by molar-refractivity contribution is 5.69. The first-order chi connectivity index (χ1) is 10.9. The number of piperidine rings is 1. The SMILES string of the molecule is CCN(CC(=O)O)C1CCN(Cc2cc(C)c(C)cc2C)CC1. The molecule has 23 heavy (non-hydrogen) atoms. The van der Waals surface area contributed by atoms with Crippen LogP contribution in [0.25, 0.3) is 0 Å². The highest BCUT2D eigenvalue weighted by Gasteiger charge is 2.25. The summed E-state index contributed by atoms with van der Waals surface area (Å²) in [6, 6.07) is 5.01. The minimum Gasteiger partial charge on any atom is -0.480 e. The van der Waals surface area contributed by atoms with Crippen LogP contribution in [-0.4, -0.2) is 53.1 Å². The molecule has 0 spiro atoms. The zero-order chi connectivity index (χ0) is 17.0. The molecule has 0 amide bonds. The number of aryl methyl sites for hydroxylation is 3. The van der Waals surface area contributed by atoms with Crippen molar-refractivity contribution in [3.05, 3.63) is 34.4 Å². The first kappa shape index (κ1) is 18.0. The van der Waals surface area contributed by atoms with E-state index < -0.39 is 5.97 Å². The number of likely N-dealkylation sites (N-methyl/N-ethyl adjacent to an activating group) is 1. The predicted octanol–water partition coefficient (Wildman–Crippen LogP) is 2.98. The van der Waals surface area contributed by atoms with E-state index >= 15 is 0 Å². The van der Waals surface area contributed by atoms with Gasteiger partial charge >= 0.3 is 5.97 Å². The second-order valence-corrected chi connectivity index (χ2v) is 6.83. The number of hydrogen-bond acceptors (Lipinski definition) is 3. The standard InChI is InChI=1S/C19H30N2O2/c1-5-21(13-19(22)23)18-6-8-20(9-7-18)12-17-11-15(3)14(2)10-16(17)4/h10-11,18H,5-9,12-13H2,1-4H3,(H,22,23). The van der Waals surface area contributed by atoms with Gasteiger partial charge in [0.2, 0.25) is 0 Å². The smallest absolute Gasteiger partial charge is 0.317 e. The summed E-state index contributed by atoms with van der Waals surface area (Å²) in [6.45, 7) is 12.7. The quantitative estimate of drug-likeness (QED) is 0.876. The fraction of sp³-hybridized carbons (Fsp3) is 0.632. The van der Waals surface area contributed by atoms with Crippen molar-refractivity contribution in [2.24, 2.45) is 0 Å². The van der Waals surface area contributed by atoms with Crippen LogP contribution in [0.15, 0.2) is 12.1 Å². The number of benzene rings is 1. The normalized spacial score (nSPS) is 16.9. The van der Waals surface area contributed by atoms with Crippen LogP contribution in [0, 0.1) is 20.8 Å². The van der Waals surface area contributed by atoms with E-state index in [4.69, 9.17) is 5.11 Å². The highest BCUT2D eigenvalue weighted by atomic mass is 16.4. The zero-order valence-corrected chi connectivity index (χ0v) is 14.9. The fourth-order valence-electron chi connectivity index (χ4n) is 3.55. The predicted molar refractivity (Wildman–Crippen MR) is 93.8 cm³/mol. The molecule has 0 aliphatic carbocycles. The summed E-state index contributed by atoms with van der Waals surface area (Å²) < 4.78 is 0. The number of hydrogen-bond donors (Lipinski definition) is 1. The summed E-state index contributed by atoms with van der Waals surface area (Å²) in [5.74, 6) is -0.722. The van der Waals surface area contributed by atoms with Crippen LogP contribution >= 0.6 is 0 Å². The second kappa shape index (κ2) is 7.93. The summed E-state index contributed by atoms with van der Waals surface area (Å²) >= 11 is 0. The molecule has 4 nitrogen and oxygen atoms in total. The number of carboxylic acid groups (broad SMARTS) is 1. The van der Waals surface area contributed by atoms with Gasteiger partial charge in [-0.3, -0.25) is 14.6 Å². The van der Waals surface area contributed by atoms with Gasteiger partial charge < -0.3 is 5.11 Å². The lowest BCUT2D eigenvalue weighted by Gasteiger charge is -2.37. The number of aliphatic carboxylic acids is 1. The molecule has 0 radical (unpaired) electrons. The van der Waals surface area contributed by atoms with E-state index in [1.54, 1.807) is 0 Å². The molecular formula is C19H30N2O2. The van der Waals surface area contributed by atoms with Crippen LogP contribution in [0.3, 0.4) is 0 Å². The Morgan fingerprint density at radius 2 is 1.78 bits per heavy atom. The average molecular weight is 318 g/mol. The largest absolute Gasteiger partial charge is 0.480 e. The van der Waals surface area contributed by atoms with E-state index in [-0.39, 0.29) is 6.54 Å². The Bertz CT molecular complexity index is 549. The number of carbonyl (C=O) groups is 1. The van der Waals surface area contributed by atoms with Gasteiger partial charge in [-0.15, -0.1) is 0 Å². The van der Waals surface area contributed by atoms with Crippen molar-refractivity contribution < 1.29 is 9.90 Å². The minimum absolute atomic E-state index is 0.164. The maximum Gasteiger partial charge on any atom is 0.317 e. The van der Waals surface area contributed by atoms with Gasteiger partial charge in [0.15, 0.2) is 0 Å². The van der Waals surface area contributed by atoms with Crippen molar-refractivity contribution in [1.29, 1.82) is 0 Å². The van der Waals surface area contributed by atoms with Gasteiger partial charge in [-0.05, 0) is 75.5 Å². The number of carboxylic acids is 1. The molecule has 1 aromatic carbocycles. The summed E-state index contributed by atoms with van der Waals surface area (Å²) in [4.78, 5) is 15.6. The molecule has 0 aromatic heterocycles. The Morgan fingerprint density at radius 1 is 1.17 bits per heavy atom. The molecule has 2 rings (SSSR count). The van der Waals surface area contributed by atoms with Gasteiger partial charge in [0.1, 0.15) is 0 Å². The first-order valence-electron chi connectivity index (χ1n) is 8.65. The number of rotatable bonds is 6. The van der Waals surface area contributed by atoms with Crippen LogP contribution < -0.4 is 0 Å². The van der Waals surface area contributed by atoms with Gasteiger partial charge in [-0.2, -0.15) is 0 Å². The third-order valence-electron chi connectivity index (χ3n) is 5.16. The van der Waals surface area contributed by atoms with Gasteiger partial charge in [-0.25, -0.2) is 0 Å². The van der Waals surface area contributed by atoms with E-state index in [0.29, 0.717) is 6.04 Å². The first-order valence-corrected chi connectivity index (χ1v) is 8.65. The Kier molecular flexibility index (Phi) is 6.19. The minimum atomic E-state index is -0.722. The molecule has 1 aliphatic rings. The van der Waals surface area contributed by atoms with Gasteiger partial charge in [0.25, 0.3) is 0 Å². The van der Waals surface area contributed by atoms with Gasteiger partial charge in [0.05, 0.1) is 6.54 Å². The Morgan fingerprint density at radius 3 is 2.35 bits per heavy atom. The lowest BCUT2D eigenvalue weighted by Crippen LogP contribution is -2.46. The van der Waals surface area contributed by atoms with Crippen molar-refractivity contribution in [2.75, 3.05) is 26.2 Å². The van der Waals surface area contributed by atoms with E-state index in [2.05, 4.69) is 42.7 Å². The summed E-state index contributed by atoms with van der Waals surface area (Å²) in [5.41, 5.74) is 5.51. The topological polar surface area (TPSA) is 43.8 Å². The molecule has 1 aromatic rings. The summed E-state index contributed by atoms with van der Waals surface area (Å²) in [5, 5.41) is 9.02. The van der Waals surface area contributed by atoms with Crippen molar-refractivity contribution in [3.63, 3.8) is 0 Å². The van der Waals surface area contributed by atoms with E-state index in [0.717, 1.165) is 39.0 Å². The van der Waals surface area contributed by atoms with Crippen molar-refractivity contribution >= 4 is 5.97 Å². The molecule has 128 valence electrons. The molecule has 0 saturated carbocycles. The van der Waals surface area contributed by atoms with Crippen LogP contribution in [0.4, 0.5) is 0 Å². The summed E-state index contributed by atoms with van der Waals surface area (Å²) in [7, 11) is 0. The van der Waals surface area contributed by atoms with Gasteiger partial charge in [0, 0.05) is 12.6 Å². The molecule has 0 atom stereocenters. The number of nitrogens with zero attached hydrogens (tertiary/aromatic N) is 2. The fourth-order valence-corrected chi connectivity index (χ4v) is 3.55. The Balaban J connectivity index is 1.92. The molecule has 1 saturated heterocycles. The Labute approximate surface area is 140 Å². The van der Waals surface area contributed by atoms with Crippen molar-refractivity contribution in [2.45, 2.75) is 53.1 Å². The molecule has 4 heteroatoms. The lowest BCUT2D eigenvalue weighted by atomic mass is 9.98. The monoisotopic (exact) mass is 318 g/mol. The lowest BCUT2D eigenvalue weighted by molar-refractivity contribution is -0.139. The molecule has 1 heterocycles. The number of likely N-dealkylation sites (tertiary alicyclic amines) is 1. The molecular weight excluding hydrogens is 288 g/mol. The van der Waals surface area contributed by atoms with Crippen LogP contribution in [0.1, 0.15) is 42.0 Å². The maximum atomic E-state index is 11.0. The molecule has 0 bridgehead atoms. The van der Waals surface area contributed by atoms with Crippen LogP contribution in [-0.2, 0) is 11.3 Å². The molecule has 1 N–H and O–H groups in total. The molecule has 1 aliphatic heterocycles. The Hall–Kier alpha value is -1.39. The third-order valence-corrected chi connectivity index (χ3v) is 5.16. The van der Waals surface area contributed by atoms with E-state index in [9.17, 15) is 4.79 Å². The average Bonchev–Trinajstić information content (AvgIpc) is 2.51. The summed E-state index contributed by atoms with van der Waals surface area (Å²) in [6.07, 6.45) is 2.12. The van der Waals surface area contributed by atoms with Crippen LogP contribution in [0.5, 0.6) is 0 Å². The third kappa shape index (κ3) is 4.79. The molecule has 0 unspecified atom stereocenters. The van der Waals surface area contributed by atoms with Crippen molar-refractivity contribution in [1.82, 2.24) is 9.80 Å². The van der Waals surface area contributed by atoms with Crippen LogP contribution in [0.2, 0.25) is 0 Å². The zero-order valence-electron chi connectivity index (χ0n) is 14.9. The second-order valence-electron chi connectivity index (χ2n) is 6.83. The highest BCUT2D eigenvalue weighted by Crippen LogP contribution is 2.21.